The van der Waals surface area contributed by atoms with Crippen LogP contribution in [0.3, 0.4) is 0 Å². The minimum absolute atomic E-state index is 0.531. The molecule has 0 fully saturated rings. The SMILES string of the molecule is CN(C)CCOCCOCCOCCOCCOCCOCCOCCOCCOCCOCCCCCCI. The molecule has 0 aliphatic carbocycles. The van der Waals surface area contributed by atoms with E-state index in [1.54, 1.807) is 0 Å². The van der Waals surface area contributed by atoms with E-state index in [0.29, 0.717) is 119 Å². The Morgan fingerprint density at radius 1 is 0.325 bits per heavy atom. The summed E-state index contributed by atoms with van der Waals surface area (Å²) in [7, 11) is 4.05. The zero-order valence-corrected chi connectivity index (χ0v) is 27.4. The van der Waals surface area contributed by atoms with Crippen LogP contribution in [0.25, 0.3) is 0 Å². The molecule has 0 aromatic heterocycles. The van der Waals surface area contributed by atoms with Crippen molar-refractivity contribution in [3.05, 3.63) is 0 Å². The number of rotatable bonds is 36. The molecule has 12 heteroatoms. The Hall–Kier alpha value is 0.290. The Labute approximate surface area is 257 Å². The summed E-state index contributed by atoms with van der Waals surface area (Å²) in [4.78, 5) is 2.09. The molecule has 0 aliphatic rings. The quantitative estimate of drug-likeness (QED) is 0.0551. The monoisotopic (exact) mass is 695 g/mol. The molecule has 0 bridgehead atoms. The third kappa shape index (κ3) is 38.3. The summed E-state index contributed by atoms with van der Waals surface area (Å²) in [5.41, 5.74) is 0. The van der Waals surface area contributed by atoms with E-state index in [9.17, 15) is 0 Å². The fraction of sp³-hybridized carbons (Fsp3) is 1.00. The third-order valence-electron chi connectivity index (χ3n) is 5.20. The summed E-state index contributed by atoms with van der Waals surface area (Å²) in [6, 6.07) is 0. The standard InChI is InChI=1S/C28H58INO10/c1-30(2)8-10-32-12-14-34-16-18-36-20-22-38-24-26-40-28-27-39-25-23-37-21-19-35-17-15-33-13-11-31-9-6-4-3-5-7-29/h3-28H2,1-2H3. The molecule has 0 spiro atoms. The Morgan fingerprint density at radius 2 is 0.575 bits per heavy atom. The van der Waals surface area contributed by atoms with Gasteiger partial charge in [-0.05, 0) is 31.4 Å². The number of hydrogen-bond donors (Lipinski definition) is 0. The van der Waals surface area contributed by atoms with Crippen LogP contribution in [-0.4, -0.2) is 162 Å². The third-order valence-corrected chi connectivity index (χ3v) is 5.97. The highest BCUT2D eigenvalue weighted by Crippen LogP contribution is 2.02. The zero-order valence-electron chi connectivity index (χ0n) is 25.3. The van der Waals surface area contributed by atoms with Crippen molar-refractivity contribution in [2.75, 3.05) is 157 Å². The molecule has 0 heterocycles. The summed E-state index contributed by atoms with van der Waals surface area (Å²) in [6.45, 7) is 12.5. The van der Waals surface area contributed by atoms with Gasteiger partial charge in [-0.25, -0.2) is 0 Å². The van der Waals surface area contributed by atoms with Crippen LogP contribution in [0.2, 0.25) is 0 Å². The Balaban J connectivity index is 3.02. The van der Waals surface area contributed by atoms with Crippen molar-refractivity contribution >= 4 is 22.6 Å². The predicted molar refractivity (Wildman–Crippen MR) is 164 cm³/mol. The number of alkyl halides is 1. The Bertz CT molecular complexity index is 455. The highest BCUT2D eigenvalue weighted by molar-refractivity contribution is 14.1. The van der Waals surface area contributed by atoms with E-state index in [-0.39, 0.29) is 0 Å². The van der Waals surface area contributed by atoms with Gasteiger partial charge in [-0.1, -0.05) is 35.4 Å². The van der Waals surface area contributed by atoms with Gasteiger partial charge in [0.05, 0.1) is 126 Å². The van der Waals surface area contributed by atoms with Gasteiger partial charge in [0.2, 0.25) is 0 Å². The molecule has 0 aromatic carbocycles. The van der Waals surface area contributed by atoms with Crippen LogP contribution >= 0.6 is 22.6 Å². The molecule has 0 unspecified atom stereocenters. The highest BCUT2D eigenvalue weighted by Gasteiger charge is 1.96. The largest absolute Gasteiger partial charge is 0.379 e. The smallest absolute Gasteiger partial charge is 0.0701 e. The van der Waals surface area contributed by atoms with E-state index in [1.165, 1.54) is 23.7 Å². The minimum Gasteiger partial charge on any atom is -0.379 e. The molecule has 242 valence electrons. The number of ether oxygens (including phenoxy) is 10. The Kier molecular flexibility index (Phi) is 37.6. The summed E-state index contributed by atoms with van der Waals surface area (Å²) in [6.07, 6.45) is 4.99. The number of halogens is 1. The molecule has 0 aromatic rings. The summed E-state index contributed by atoms with van der Waals surface area (Å²) in [5.74, 6) is 0. The maximum absolute atomic E-state index is 5.55. The number of hydrogen-bond acceptors (Lipinski definition) is 11. The lowest BCUT2D eigenvalue weighted by atomic mass is 10.2. The van der Waals surface area contributed by atoms with E-state index >= 15 is 0 Å². The Morgan fingerprint density at radius 3 is 0.850 bits per heavy atom. The molecular formula is C28H58INO10. The normalized spacial score (nSPS) is 11.7. The van der Waals surface area contributed by atoms with Gasteiger partial charge in [-0.2, -0.15) is 0 Å². The van der Waals surface area contributed by atoms with Crippen LogP contribution in [0.1, 0.15) is 25.7 Å². The molecule has 0 N–H and O–H groups in total. The molecule has 0 rings (SSSR count). The van der Waals surface area contributed by atoms with Gasteiger partial charge in [0, 0.05) is 13.2 Å². The first-order valence-electron chi connectivity index (χ1n) is 14.8. The van der Waals surface area contributed by atoms with Gasteiger partial charge in [0.15, 0.2) is 0 Å². The second kappa shape index (κ2) is 37.3. The maximum atomic E-state index is 5.55. The maximum Gasteiger partial charge on any atom is 0.0701 e. The molecule has 0 atom stereocenters. The van der Waals surface area contributed by atoms with Crippen molar-refractivity contribution in [3.8, 4) is 0 Å². The number of nitrogens with zero attached hydrogens (tertiary/aromatic N) is 1. The molecule has 0 aliphatic heterocycles. The number of likely N-dealkylation sites (N-methyl/N-ethyl adjacent to an activating group) is 1. The molecule has 0 saturated carbocycles. The lowest BCUT2D eigenvalue weighted by Gasteiger charge is -2.10. The molecule has 11 nitrogen and oxygen atoms in total. The average Bonchev–Trinajstić information content (AvgIpc) is 2.95. The van der Waals surface area contributed by atoms with Crippen LogP contribution in [-0.2, 0) is 47.4 Å². The number of unbranched alkanes of at least 4 members (excludes halogenated alkanes) is 3. The highest BCUT2D eigenvalue weighted by atomic mass is 127. The van der Waals surface area contributed by atoms with Crippen LogP contribution in [0.5, 0.6) is 0 Å². The van der Waals surface area contributed by atoms with Gasteiger partial charge in [-0.15, -0.1) is 0 Å². The first-order chi connectivity index (χ1) is 19.8. The fourth-order valence-electron chi connectivity index (χ4n) is 2.98. The second-order valence-electron chi connectivity index (χ2n) is 9.03. The van der Waals surface area contributed by atoms with Crippen molar-refractivity contribution in [2.24, 2.45) is 0 Å². The first kappa shape index (κ1) is 40.3. The summed E-state index contributed by atoms with van der Waals surface area (Å²) >= 11 is 2.42. The van der Waals surface area contributed by atoms with Crippen molar-refractivity contribution in [2.45, 2.75) is 25.7 Å². The average molecular weight is 696 g/mol. The van der Waals surface area contributed by atoms with Crippen LogP contribution in [0, 0.1) is 0 Å². The topological polar surface area (TPSA) is 95.5 Å². The van der Waals surface area contributed by atoms with Crippen molar-refractivity contribution in [1.82, 2.24) is 4.90 Å². The van der Waals surface area contributed by atoms with Gasteiger partial charge in [0.25, 0.3) is 0 Å². The van der Waals surface area contributed by atoms with E-state index in [4.69, 9.17) is 47.4 Å². The summed E-state index contributed by atoms with van der Waals surface area (Å²) in [5, 5.41) is 0. The summed E-state index contributed by atoms with van der Waals surface area (Å²) < 4.78 is 56.0. The molecule has 0 saturated heterocycles. The van der Waals surface area contributed by atoms with Gasteiger partial charge in [-0.3, -0.25) is 0 Å². The van der Waals surface area contributed by atoms with Gasteiger partial charge < -0.3 is 52.3 Å². The van der Waals surface area contributed by atoms with Gasteiger partial charge >= 0.3 is 0 Å². The molecule has 0 amide bonds. The van der Waals surface area contributed by atoms with E-state index in [0.717, 1.165) is 26.2 Å². The van der Waals surface area contributed by atoms with Crippen LogP contribution in [0.15, 0.2) is 0 Å². The first-order valence-corrected chi connectivity index (χ1v) is 16.3. The second-order valence-corrected chi connectivity index (χ2v) is 10.1. The van der Waals surface area contributed by atoms with Crippen molar-refractivity contribution < 1.29 is 47.4 Å². The van der Waals surface area contributed by atoms with E-state index in [1.807, 2.05) is 14.1 Å². The van der Waals surface area contributed by atoms with Crippen molar-refractivity contribution in [1.29, 1.82) is 0 Å². The molecular weight excluding hydrogens is 637 g/mol. The van der Waals surface area contributed by atoms with Crippen LogP contribution < -0.4 is 0 Å². The molecule has 0 radical (unpaired) electrons. The lowest BCUT2D eigenvalue weighted by Crippen LogP contribution is -2.19. The van der Waals surface area contributed by atoms with Gasteiger partial charge in [0.1, 0.15) is 0 Å². The van der Waals surface area contributed by atoms with E-state index in [2.05, 4.69) is 27.5 Å². The fourth-order valence-corrected chi connectivity index (χ4v) is 3.52. The van der Waals surface area contributed by atoms with Crippen molar-refractivity contribution in [3.63, 3.8) is 0 Å². The minimum atomic E-state index is 0.531. The zero-order chi connectivity index (χ0) is 29.0. The molecule has 40 heavy (non-hydrogen) atoms. The van der Waals surface area contributed by atoms with E-state index < -0.39 is 0 Å². The van der Waals surface area contributed by atoms with Crippen LogP contribution in [0.4, 0.5) is 0 Å². The predicted octanol–water partition coefficient (Wildman–Crippen LogP) is 2.71. The lowest BCUT2D eigenvalue weighted by molar-refractivity contribution is -0.0265.